The van der Waals surface area contributed by atoms with Crippen LogP contribution in [0, 0.1) is 0 Å². The molecule has 2 heterocycles. The lowest BCUT2D eigenvalue weighted by Crippen LogP contribution is -2.24. The lowest BCUT2D eigenvalue weighted by Gasteiger charge is -2.15. The normalized spacial score (nSPS) is 12.6. The molecule has 0 spiro atoms. The summed E-state index contributed by atoms with van der Waals surface area (Å²) in [6, 6.07) is 5.62. The van der Waals surface area contributed by atoms with Crippen molar-refractivity contribution in [2.24, 2.45) is 0 Å². The van der Waals surface area contributed by atoms with Gasteiger partial charge in [0.1, 0.15) is 11.6 Å². The van der Waals surface area contributed by atoms with Gasteiger partial charge in [-0.15, -0.1) is 0 Å². The van der Waals surface area contributed by atoms with E-state index in [1.807, 2.05) is 0 Å². The highest BCUT2D eigenvalue weighted by atomic mass is 16.5. The number of ether oxygens (including phenoxy) is 1. The molecule has 1 aromatic carbocycles. The molecule has 128 valence electrons. The molecule has 0 bridgehead atoms. The molecule has 4 N–H and O–H groups in total. The van der Waals surface area contributed by atoms with Crippen LogP contribution in [0.5, 0.6) is 5.75 Å². The summed E-state index contributed by atoms with van der Waals surface area (Å²) < 4.78 is 6.31. The minimum atomic E-state index is -0.659. The fourth-order valence-corrected chi connectivity index (χ4v) is 2.66. The van der Waals surface area contributed by atoms with E-state index in [1.165, 1.54) is 26.2 Å². The summed E-state index contributed by atoms with van der Waals surface area (Å²) in [5.74, 6) is -1.45. The molecule has 0 fully saturated rings. The first-order chi connectivity index (χ1) is 11.8. The summed E-state index contributed by atoms with van der Waals surface area (Å²) in [4.78, 5) is 47.2. The van der Waals surface area contributed by atoms with Gasteiger partial charge in [0.05, 0.1) is 29.6 Å². The molecule has 1 aromatic heterocycles. The van der Waals surface area contributed by atoms with Gasteiger partial charge in [-0.2, -0.15) is 0 Å². The molecule has 1 aliphatic heterocycles. The van der Waals surface area contributed by atoms with Crippen LogP contribution in [-0.4, -0.2) is 29.4 Å². The van der Waals surface area contributed by atoms with E-state index in [2.05, 4.69) is 10.6 Å². The Morgan fingerprint density at radius 1 is 1.20 bits per heavy atom. The van der Waals surface area contributed by atoms with E-state index in [9.17, 15) is 19.2 Å². The zero-order chi connectivity index (χ0) is 18.3. The lowest BCUT2D eigenvalue weighted by atomic mass is 10.1. The quantitative estimate of drug-likeness (QED) is 0.686. The second-order valence-corrected chi connectivity index (χ2v) is 5.34. The van der Waals surface area contributed by atoms with Gasteiger partial charge in [0, 0.05) is 19.1 Å². The average molecular weight is 342 g/mol. The van der Waals surface area contributed by atoms with Crippen LogP contribution in [0.25, 0.3) is 5.69 Å². The molecular formula is C16H14N4O5. The van der Waals surface area contributed by atoms with Crippen LogP contribution in [0.4, 0.5) is 11.5 Å². The van der Waals surface area contributed by atoms with Gasteiger partial charge in [-0.1, -0.05) is 0 Å². The maximum Gasteiger partial charge on any atom is 0.262 e. The number of carbonyl (C=O) groups is 3. The fraction of sp³-hybridized carbons (Fsp3) is 0.125. The number of nitrogens with zero attached hydrogens (tertiary/aromatic N) is 1. The topological polar surface area (TPSA) is 133 Å². The number of fused-ring (bicyclic) bond motifs is 1. The van der Waals surface area contributed by atoms with Gasteiger partial charge in [-0.05, 0) is 12.1 Å². The molecule has 3 amide bonds. The van der Waals surface area contributed by atoms with Crippen molar-refractivity contribution in [3.63, 3.8) is 0 Å². The summed E-state index contributed by atoms with van der Waals surface area (Å²) in [5.41, 5.74) is 6.04. The second kappa shape index (κ2) is 5.78. The molecule has 25 heavy (non-hydrogen) atoms. The van der Waals surface area contributed by atoms with Crippen LogP contribution < -0.4 is 26.7 Å². The maximum absolute atomic E-state index is 12.4. The number of amides is 3. The van der Waals surface area contributed by atoms with Crippen molar-refractivity contribution in [3.05, 3.63) is 45.7 Å². The first kappa shape index (κ1) is 16.2. The van der Waals surface area contributed by atoms with Crippen LogP contribution in [0.2, 0.25) is 0 Å². The van der Waals surface area contributed by atoms with Crippen LogP contribution >= 0.6 is 0 Å². The van der Waals surface area contributed by atoms with Crippen LogP contribution in [0.3, 0.4) is 0 Å². The molecule has 0 aliphatic carbocycles. The van der Waals surface area contributed by atoms with Crippen molar-refractivity contribution in [1.82, 2.24) is 9.88 Å². The van der Waals surface area contributed by atoms with Gasteiger partial charge < -0.3 is 15.8 Å². The number of pyridine rings is 1. The minimum absolute atomic E-state index is 0.0468. The molecule has 0 saturated carbocycles. The van der Waals surface area contributed by atoms with Crippen molar-refractivity contribution >= 4 is 29.2 Å². The van der Waals surface area contributed by atoms with Crippen molar-refractivity contribution in [2.75, 3.05) is 18.2 Å². The number of nitrogen functional groups attached to an aromatic ring is 1. The number of benzene rings is 1. The number of rotatable bonds is 3. The van der Waals surface area contributed by atoms with E-state index in [0.717, 1.165) is 10.6 Å². The molecule has 0 unspecified atom stereocenters. The van der Waals surface area contributed by atoms with Crippen molar-refractivity contribution in [3.8, 4) is 11.4 Å². The van der Waals surface area contributed by atoms with Crippen LogP contribution in [-0.2, 0) is 4.79 Å². The molecule has 2 aromatic rings. The molecule has 9 nitrogen and oxygen atoms in total. The van der Waals surface area contributed by atoms with E-state index in [-0.39, 0.29) is 22.9 Å². The number of nitrogens with one attached hydrogen (secondary N) is 2. The summed E-state index contributed by atoms with van der Waals surface area (Å²) in [5, 5.41) is 4.70. The Morgan fingerprint density at radius 2 is 1.92 bits per heavy atom. The molecule has 0 radical (unpaired) electrons. The van der Waals surface area contributed by atoms with Gasteiger partial charge in [0.15, 0.2) is 0 Å². The standard InChI is InChI=1S/C16H14N4O5/c1-7(21)18-10-4-3-8(5-11(10)25-2)20-12(22)6-9-13(14(20)17)16(24)19-15(9)23/h3-6H,17H2,1-2H3,(H,18,21)(H,19,23,24). The summed E-state index contributed by atoms with van der Waals surface area (Å²) in [7, 11) is 1.41. The highest BCUT2D eigenvalue weighted by molar-refractivity contribution is 6.23. The number of hydrogen-bond donors (Lipinski definition) is 3. The molecule has 9 heteroatoms. The van der Waals surface area contributed by atoms with Gasteiger partial charge >= 0.3 is 0 Å². The smallest absolute Gasteiger partial charge is 0.262 e. The molecule has 0 saturated heterocycles. The van der Waals surface area contributed by atoms with E-state index in [4.69, 9.17) is 10.5 Å². The van der Waals surface area contributed by atoms with Gasteiger partial charge in [-0.3, -0.25) is 29.1 Å². The lowest BCUT2D eigenvalue weighted by molar-refractivity contribution is -0.114. The Balaban J connectivity index is 2.20. The number of hydrogen-bond acceptors (Lipinski definition) is 6. The average Bonchev–Trinajstić information content (AvgIpc) is 2.82. The zero-order valence-electron chi connectivity index (χ0n) is 13.4. The Hall–Kier alpha value is -3.62. The van der Waals surface area contributed by atoms with Crippen molar-refractivity contribution in [1.29, 1.82) is 0 Å². The zero-order valence-corrected chi connectivity index (χ0v) is 13.4. The third kappa shape index (κ3) is 2.61. The number of methoxy groups -OCH3 is 1. The third-order valence-electron chi connectivity index (χ3n) is 3.71. The predicted molar refractivity (Wildman–Crippen MR) is 89.1 cm³/mol. The Labute approximate surface area is 141 Å². The van der Waals surface area contributed by atoms with E-state index >= 15 is 0 Å². The number of carbonyl (C=O) groups excluding carboxylic acids is 3. The largest absolute Gasteiger partial charge is 0.494 e. The molecular weight excluding hydrogens is 328 g/mol. The van der Waals surface area contributed by atoms with E-state index < -0.39 is 17.4 Å². The third-order valence-corrected chi connectivity index (χ3v) is 3.71. The summed E-state index contributed by atoms with van der Waals surface area (Å²) in [6.45, 7) is 1.35. The molecule has 1 aliphatic rings. The summed E-state index contributed by atoms with van der Waals surface area (Å²) >= 11 is 0. The molecule has 3 rings (SSSR count). The van der Waals surface area contributed by atoms with Gasteiger partial charge in [0.25, 0.3) is 17.4 Å². The highest BCUT2D eigenvalue weighted by Gasteiger charge is 2.31. The number of imide groups is 1. The highest BCUT2D eigenvalue weighted by Crippen LogP contribution is 2.29. The monoisotopic (exact) mass is 342 g/mol. The van der Waals surface area contributed by atoms with E-state index in [0.29, 0.717) is 17.1 Å². The first-order valence-electron chi connectivity index (χ1n) is 7.20. The second-order valence-electron chi connectivity index (χ2n) is 5.34. The van der Waals surface area contributed by atoms with Crippen molar-refractivity contribution < 1.29 is 19.1 Å². The van der Waals surface area contributed by atoms with Gasteiger partial charge in [0.2, 0.25) is 5.91 Å². The maximum atomic E-state index is 12.4. The Kier molecular flexibility index (Phi) is 3.76. The van der Waals surface area contributed by atoms with Gasteiger partial charge in [-0.25, -0.2) is 0 Å². The van der Waals surface area contributed by atoms with E-state index in [1.54, 1.807) is 6.07 Å². The number of anilines is 2. The fourth-order valence-electron chi connectivity index (χ4n) is 2.66. The first-order valence-corrected chi connectivity index (χ1v) is 7.20. The SMILES string of the molecule is COc1cc(-n2c(N)c3c(cc2=O)C(=O)NC3=O)ccc1NC(C)=O. The Morgan fingerprint density at radius 3 is 2.56 bits per heavy atom. The Bertz CT molecular complexity index is 993. The minimum Gasteiger partial charge on any atom is -0.494 e. The molecule has 0 atom stereocenters. The number of nitrogens with two attached hydrogens (primary N) is 1. The van der Waals surface area contributed by atoms with Crippen molar-refractivity contribution in [2.45, 2.75) is 6.92 Å². The number of aromatic nitrogens is 1. The predicted octanol–water partition coefficient (Wildman–Crippen LogP) is 0.270. The van der Waals surface area contributed by atoms with Crippen LogP contribution in [0.15, 0.2) is 29.1 Å². The van der Waals surface area contributed by atoms with Crippen LogP contribution in [0.1, 0.15) is 27.6 Å². The summed E-state index contributed by atoms with van der Waals surface area (Å²) in [6.07, 6.45) is 0.